The molecule has 2 aliphatic rings. The van der Waals surface area contributed by atoms with E-state index < -0.39 is 28.1 Å². The molecule has 0 aliphatic carbocycles. The molecule has 2 aromatic rings. The number of nitrogens with zero attached hydrogens (tertiary/aromatic N) is 3. The lowest BCUT2D eigenvalue weighted by molar-refractivity contribution is -0.192. The van der Waals surface area contributed by atoms with Crippen molar-refractivity contribution in [3.05, 3.63) is 53.6 Å². The highest BCUT2D eigenvalue weighted by Crippen LogP contribution is 2.31. The zero-order valence-electron chi connectivity index (χ0n) is 22.2. The molecule has 0 aromatic heterocycles. The number of aromatic carboxylic acids is 1. The molecule has 0 radical (unpaired) electrons. The number of aliphatic carboxylic acids is 1. The van der Waals surface area contributed by atoms with Gasteiger partial charge in [-0.15, -0.1) is 0 Å². The number of amides is 1. The van der Waals surface area contributed by atoms with Crippen LogP contribution in [0, 0.1) is 6.92 Å². The fourth-order valence-corrected chi connectivity index (χ4v) is 5.59. The average Bonchev–Trinajstić information content (AvgIpc) is 3.44. The van der Waals surface area contributed by atoms with Crippen molar-refractivity contribution in [2.45, 2.75) is 30.8 Å². The van der Waals surface area contributed by atoms with Gasteiger partial charge in [-0.1, -0.05) is 12.1 Å². The summed E-state index contributed by atoms with van der Waals surface area (Å²) < 4.78 is 60.4. The van der Waals surface area contributed by atoms with Gasteiger partial charge in [-0.3, -0.25) is 14.4 Å². The first-order valence-corrected chi connectivity index (χ1v) is 14.2. The van der Waals surface area contributed by atoms with Crippen LogP contribution in [0.2, 0.25) is 0 Å². The minimum absolute atomic E-state index is 0.000498. The van der Waals surface area contributed by atoms with Gasteiger partial charge in [-0.25, -0.2) is 18.0 Å². The van der Waals surface area contributed by atoms with Crippen molar-refractivity contribution in [2.24, 2.45) is 0 Å². The van der Waals surface area contributed by atoms with Crippen LogP contribution < -0.4 is 9.62 Å². The summed E-state index contributed by atoms with van der Waals surface area (Å²) in [7, 11) is -3.91. The number of anilines is 2. The molecule has 0 unspecified atom stereocenters. The fraction of sp³-hybridized carbons (Fsp3) is 0.423. The number of likely N-dealkylation sites (tertiary alicyclic amines) is 1. The van der Waals surface area contributed by atoms with Gasteiger partial charge < -0.3 is 20.0 Å². The maximum atomic E-state index is 13.0. The van der Waals surface area contributed by atoms with Crippen LogP contribution in [0.4, 0.5) is 24.5 Å². The van der Waals surface area contributed by atoms with E-state index in [1.54, 1.807) is 18.2 Å². The van der Waals surface area contributed by atoms with E-state index in [0.29, 0.717) is 38.4 Å². The third-order valence-electron chi connectivity index (χ3n) is 6.56. The number of carbonyl (C=O) groups excluding carboxylic acids is 1. The zero-order valence-corrected chi connectivity index (χ0v) is 23.0. The first-order chi connectivity index (χ1) is 19.2. The molecule has 2 aromatic carbocycles. The number of aryl methyl sites for hydroxylation is 1. The Balaban J connectivity index is 0.000000587. The monoisotopic (exact) mass is 600 g/mol. The summed E-state index contributed by atoms with van der Waals surface area (Å²) >= 11 is 0. The number of alkyl halides is 3. The van der Waals surface area contributed by atoms with E-state index >= 15 is 0 Å². The van der Waals surface area contributed by atoms with Crippen LogP contribution in [0.15, 0.2) is 47.4 Å². The quantitative estimate of drug-likeness (QED) is 0.436. The number of hydrogen-bond donors (Lipinski definition) is 3. The van der Waals surface area contributed by atoms with E-state index in [2.05, 4.69) is 9.62 Å². The predicted molar refractivity (Wildman–Crippen MR) is 144 cm³/mol. The Hall–Kier alpha value is -3.85. The van der Waals surface area contributed by atoms with Crippen molar-refractivity contribution in [2.75, 3.05) is 55.4 Å². The summed E-state index contributed by atoms with van der Waals surface area (Å²) in [5, 5.41) is 16.6. The zero-order chi connectivity index (χ0) is 30.4. The molecule has 2 saturated heterocycles. The van der Waals surface area contributed by atoms with Crippen molar-refractivity contribution >= 4 is 39.2 Å². The number of carboxylic acid groups (broad SMARTS) is 2. The summed E-state index contributed by atoms with van der Waals surface area (Å²) in [5.74, 6) is -3.73. The Morgan fingerprint density at radius 1 is 0.927 bits per heavy atom. The maximum Gasteiger partial charge on any atom is 0.490 e. The topological polar surface area (TPSA) is 148 Å². The standard InChI is InChI=1S/C24H30N4O5S.C2HF3O2/c1-18-5-4-6-20(15-18)34(32,33)25-21-16-19(24(30)31)7-8-22(21)27-13-11-26(12-14-27)17-23(29)28-9-2-3-10-28;3-2(4,5)1(6)7/h4-8,15-16,25H,2-3,9-14,17H2,1H3,(H,30,31);(H,6,7). The van der Waals surface area contributed by atoms with E-state index in [-0.39, 0.29) is 22.1 Å². The Kier molecular flexibility index (Phi) is 10.2. The molecule has 0 atom stereocenters. The Morgan fingerprint density at radius 2 is 1.54 bits per heavy atom. The number of carboxylic acids is 2. The summed E-state index contributed by atoms with van der Waals surface area (Å²) in [4.78, 5) is 39.1. The minimum atomic E-state index is -5.08. The molecule has 2 fully saturated rings. The van der Waals surface area contributed by atoms with Crippen LogP contribution in [0.1, 0.15) is 28.8 Å². The van der Waals surface area contributed by atoms with Gasteiger partial charge >= 0.3 is 18.1 Å². The highest BCUT2D eigenvalue weighted by atomic mass is 32.2. The number of carbonyl (C=O) groups is 3. The number of sulfonamides is 1. The SMILES string of the molecule is Cc1cccc(S(=O)(=O)Nc2cc(C(=O)O)ccc2N2CCN(CC(=O)N3CCCC3)CC2)c1.O=C(O)C(F)(F)F. The van der Waals surface area contributed by atoms with Crippen LogP contribution in [-0.2, 0) is 19.6 Å². The number of halogens is 3. The molecular weight excluding hydrogens is 569 g/mol. The highest BCUT2D eigenvalue weighted by molar-refractivity contribution is 7.92. The Labute approximate surface area is 235 Å². The normalized spacial score (nSPS) is 16.1. The second kappa shape index (κ2) is 13.2. The summed E-state index contributed by atoms with van der Waals surface area (Å²) in [6.45, 7) is 6.37. The van der Waals surface area contributed by atoms with Gasteiger partial charge in [0.25, 0.3) is 10.0 Å². The number of piperazine rings is 1. The van der Waals surface area contributed by atoms with Crippen molar-refractivity contribution in [1.29, 1.82) is 0 Å². The van der Waals surface area contributed by atoms with Gasteiger partial charge in [0.2, 0.25) is 5.91 Å². The van der Waals surface area contributed by atoms with Crippen LogP contribution >= 0.6 is 0 Å². The number of nitrogens with one attached hydrogen (secondary N) is 1. The molecule has 0 saturated carbocycles. The van der Waals surface area contributed by atoms with Gasteiger partial charge in [-0.2, -0.15) is 13.2 Å². The van der Waals surface area contributed by atoms with Gasteiger partial charge in [0, 0.05) is 39.3 Å². The van der Waals surface area contributed by atoms with Crippen molar-refractivity contribution < 1.29 is 46.2 Å². The molecule has 11 nitrogen and oxygen atoms in total. The summed E-state index contributed by atoms with van der Waals surface area (Å²) in [6, 6.07) is 11.0. The van der Waals surface area contributed by atoms with Crippen LogP contribution in [0.5, 0.6) is 0 Å². The second-order valence-corrected chi connectivity index (χ2v) is 11.3. The largest absolute Gasteiger partial charge is 0.490 e. The highest BCUT2D eigenvalue weighted by Gasteiger charge is 2.38. The van der Waals surface area contributed by atoms with Gasteiger partial charge in [0.05, 0.1) is 28.4 Å². The van der Waals surface area contributed by atoms with Crippen LogP contribution in [0.25, 0.3) is 0 Å². The first-order valence-electron chi connectivity index (χ1n) is 12.7. The minimum Gasteiger partial charge on any atom is -0.478 e. The molecule has 0 bridgehead atoms. The molecule has 1 amide bonds. The number of hydrogen-bond acceptors (Lipinski definition) is 7. The van der Waals surface area contributed by atoms with E-state index in [0.717, 1.165) is 31.5 Å². The summed E-state index contributed by atoms with van der Waals surface area (Å²) in [5.41, 5.74) is 1.65. The molecule has 3 N–H and O–H groups in total. The molecule has 15 heteroatoms. The molecule has 2 heterocycles. The van der Waals surface area contributed by atoms with Crippen molar-refractivity contribution in [3.63, 3.8) is 0 Å². The van der Waals surface area contributed by atoms with Crippen molar-refractivity contribution in [3.8, 4) is 0 Å². The fourth-order valence-electron chi connectivity index (χ4n) is 4.42. The van der Waals surface area contributed by atoms with Crippen LogP contribution in [-0.4, -0.2) is 98.3 Å². The lowest BCUT2D eigenvalue weighted by atomic mass is 10.1. The molecule has 2 aliphatic heterocycles. The Morgan fingerprint density at radius 3 is 2.07 bits per heavy atom. The smallest absolute Gasteiger partial charge is 0.478 e. The number of benzene rings is 2. The summed E-state index contributed by atoms with van der Waals surface area (Å²) in [6.07, 6.45) is -2.96. The lowest BCUT2D eigenvalue weighted by Gasteiger charge is -2.37. The molecule has 224 valence electrons. The Bertz CT molecular complexity index is 1370. The predicted octanol–water partition coefficient (Wildman–Crippen LogP) is 2.87. The van der Waals surface area contributed by atoms with Crippen LogP contribution in [0.3, 0.4) is 0 Å². The lowest BCUT2D eigenvalue weighted by Crippen LogP contribution is -2.50. The molecular formula is C26H31F3N4O7S. The van der Waals surface area contributed by atoms with Gasteiger partial charge in [0.1, 0.15) is 0 Å². The molecule has 41 heavy (non-hydrogen) atoms. The van der Waals surface area contributed by atoms with Gasteiger partial charge in [0.15, 0.2) is 0 Å². The maximum absolute atomic E-state index is 13.0. The second-order valence-electron chi connectivity index (χ2n) is 9.61. The average molecular weight is 601 g/mol. The molecule has 0 spiro atoms. The van der Waals surface area contributed by atoms with E-state index in [1.807, 2.05) is 22.8 Å². The van der Waals surface area contributed by atoms with E-state index in [4.69, 9.17) is 9.90 Å². The third-order valence-corrected chi connectivity index (χ3v) is 7.92. The first kappa shape index (κ1) is 31.7. The van der Waals surface area contributed by atoms with E-state index in [9.17, 15) is 36.3 Å². The molecule has 4 rings (SSSR count). The van der Waals surface area contributed by atoms with E-state index in [1.165, 1.54) is 18.2 Å². The van der Waals surface area contributed by atoms with Crippen molar-refractivity contribution in [1.82, 2.24) is 9.80 Å². The third kappa shape index (κ3) is 8.82. The number of rotatable bonds is 7. The van der Waals surface area contributed by atoms with Gasteiger partial charge in [-0.05, 0) is 55.7 Å².